The van der Waals surface area contributed by atoms with Gasteiger partial charge in [-0.25, -0.2) is 9.18 Å². The molecule has 0 aliphatic heterocycles. The lowest BCUT2D eigenvalue weighted by atomic mass is 10.1. The molecule has 0 spiro atoms. The summed E-state index contributed by atoms with van der Waals surface area (Å²) in [7, 11) is 0. The van der Waals surface area contributed by atoms with E-state index in [1.807, 2.05) is 19.1 Å². The molecule has 0 radical (unpaired) electrons. The molecule has 2 aromatic carbocycles. The van der Waals surface area contributed by atoms with E-state index in [1.165, 1.54) is 33.5 Å². The molecule has 0 aliphatic carbocycles. The van der Waals surface area contributed by atoms with E-state index >= 15 is 0 Å². The number of carbonyl (C=O) groups is 1. The molecule has 0 aliphatic rings. The molecule has 4 aromatic rings. The van der Waals surface area contributed by atoms with Gasteiger partial charge in [-0.2, -0.15) is 5.10 Å². The number of fused-ring (bicyclic) bond motifs is 1. The van der Waals surface area contributed by atoms with Crippen molar-refractivity contribution in [1.82, 2.24) is 24.2 Å². The topological polar surface area (TPSA) is 90.9 Å². The van der Waals surface area contributed by atoms with Gasteiger partial charge in [-0.15, -0.1) is 0 Å². The van der Waals surface area contributed by atoms with Gasteiger partial charge in [0.15, 0.2) is 5.52 Å². The zero-order valence-corrected chi connectivity index (χ0v) is 20.2. The Balaban J connectivity index is 1.66. The lowest BCUT2D eigenvalue weighted by Gasteiger charge is -2.13. The highest BCUT2D eigenvalue weighted by molar-refractivity contribution is 6.30. The Morgan fingerprint density at radius 1 is 1.00 bits per heavy atom. The molecule has 4 rings (SSSR count). The smallest absolute Gasteiger partial charge is 0.332 e. The first kappa shape index (κ1) is 24.4. The van der Waals surface area contributed by atoms with Crippen molar-refractivity contribution in [3.05, 3.63) is 97.0 Å². The molecule has 0 unspecified atom stereocenters. The molecule has 8 nitrogen and oxygen atoms in total. The van der Waals surface area contributed by atoms with Crippen LogP contribution in [0.15, 0.2) is 58.1 Å². The second-order valence-corrected chi connectivity index (χ2v) is 8.65. The van der Waals surface area contributed by atoms with E-state index in [2.05, 4.69) is 10.4 Å². The van der Waals surface area contributed by atoms with Crippen LogP contribution in [0.5, 0.6) is 0 Å². The van der Waals surface area contributed by atoms with Crippen molar-refractivity contribution >= 4 is 28.5 Å². The third-order valence-corrected chi connectivity index (χ3v) is 6.03. The van der Waals surface area contributed by atoms with Crippen LogP contribution in [0.4, 0.5) is 4.39 Å². The van der Waals surface area contributed by atoms with Crippen molar-refractivity contribution in [2.75, 3.05) is 6.54 Å². The Bertz CT molecular complexity index is 1490. The van der Waals surface area contributed by atoms with Crippen LogP contribution in [0.1, 0.15) is 23.7 Å². The average Bonchev–Trinajstić information content (AvgIpc) is 3.18. The van der Waals surface area contributed by atoms with E-state index in [0.717, 1.165) is 10.1 Å². The number of rotatable bonds is 8. The highest BCUT2D eigenvalue weighted by Gasteiger charge is 2.21. The van der Waals surface area contributed by atoms with Crippen LogP contribution in [-0.4, -0.2) is 31.4 Å². The molecule has 0 fully saturated rings. The van der Waals surface area contributed by atoms with Crippen LogP contribution >= 0.6 is 11.6 Å². The zero-order valence-electron chi connectivity index (χ0n) is 19.4. The highest BCUT2D eigenvalue weighted by Crippen LogP contribution is 2.14. The predicted octanol–water partition coefficient (Wildman–Crippen LogP) is 2.89. The molecule has 10 heteroatoms. The molecule has 182 valence electrons. The van der Waals surface area contributed by atoms with Crippen molar-refractivity contribution in [1.29, 1.82) is 0 Å². The summed E-state index contributed by atoms with van der Waals surface area (Å²) in [6.07, 6.45) is 0.601. The molecular weight excluding hydrogens is 473 g/mol. The minimum Gasteiger partial charge on any atom is -0.354 e. The van der Waals surface area contributed by atoms with Crippen molar-refractivity contribution < 1.29 is 9.18 Å². The second-order valence-electron chi connectivity index (χ2n) is 8.21. The number of hydrogen-bond donors (Lipinski definition) is 1. The van der Waals surface area contributed by atoms with Crippen molar-refractivity contribution in [3.63, 3.8) is 0 Å². The van der Waals surface area contributed by atoms with Crippen molar-refractivity contribution in [3.8, 4) is 0 Å². The summed E-state index contributed by atoms with van der Waals surface area (Å²) in [6, 6.07) is 12.9. The van der Waals surface area contributed by atoms with E-state index in [4.69, 9.17) is 11.6 Å². The van der Waals surface area contributed by atoms with E-state index in [0.29, 0.717) is 41.3 Å². The summed E-state index contributed by atoms with van der Waals surface area (Å²) >= 11 is 5.91. The van der Waals surface area contributed by atoms with Crippen LogP contribution in [0.2, 0.25) is 5.02 Å². The van der Waals surface area contributed by atoms with Crippen LogP contribution in [0, 0.1) is 12.7 Å². The van der Waals surface area contributed by atoms with Crippen LogP contribution in [0.25, 0.3) is 11.0 Å². The first-order valence-corrected chi connectivity index (χ1v) is 11.6. The normalized spacial score (nSPS) is 11.2. The Morgan fingerprint density at radius 3 is 2.31 bits per heavy atom. The standard InChI is InChI=1S/C25H25ClFN5O3/c1-3-32-23-22(16(2)29-32)30(15-21(33)28-13-12-17-4-8-19(26)9-5-17)25(35)31(24(23)34)14-18-6-10-20(27)11-7-18/h4-11H,3,12-15H2,1-2H3,(H,28,33). The Labute approximate surface area is 205 Å². The fourth-order valence-corrected chi connectivity index (χ4v) is 4.17. The Kier molecular flexibility index (Phi) is 7.16. The number of nitrogens with one attached hydrogen (secondary N) is 1. The maximum atomic E-state index is 13.4. The van der Waals surface area contributed by atoms with E-state index in [1.54, 1.807) is 19.1 Å². The fraction of sp³-hybridized carbons (Fsp3) is 0.280. The number of hydrogen-bond acceptors (Lipinski definition) is 4. The number of nitrogens with zero attached hydrogens (tertiary/aromatic N) is 4. The molecule has 2 aromatic heterocycles. The van der Waals surface area contributed by atoms with E-state index in [9.17, 15) is 18.8 Å². The minimum absolute atomic E-state index is 0.0555. The predicted molar refractivity (Wildman–Crippen MR) is 132 cm³/mol. The molecule has 35 heavy (non-hydrogen) atoms. The SMILES string of the molecule is CCn1nc(C)c2c1c(=O)n(Cc1ccc(F)cc1)c(=O)n2CC(=O)NCCc1ccc(Cl)cc1. The molecule has 1 N–H and O–H groups in total. The molecule has 0 saturated carbocycles. The minimum atomic E-state index is -0.626. The number of halogens is 2. The molecule has 2 heterocycles. The first-order valence-electron chi connectivity index (χ1n) is 11.2. The molecule has 0 atom stereocenters. The summed E-state index contributed by atoms with van der Waals surface area (Å²) < 4.78 is 17.2. The van der Waals surface area contributed by atoms with Crippen LogP contribution < -0.4 is 16.6 Å². The summed E-state index contributed by atoms with van der Waals surface area (Å²) in [5.41, 5.74) is 1.55. The van der Waals surface area contributed by atoms with Crippen molar-refractivity contribution in [2.24, 2.45) is 0 Å². The van der Waals surface area contributed by atoms with Crippen molar-refractivity contribution in [2.45, 2.75) is 39.9 Å². The van der Waals surface area contributed by atoms with Gasteiger partial charge in [-0.1, -0.05) is 35.9 Å². The van der Waals surface area contributed by atoms with Gasteiger partial charge >= 0.3 is 5.69 Å². The van der Waals surface area contributed by atoms with Crippen LogP contribution in [0.3, 0.4) is 0 Å². The molecule has 1 amide bonds. The van der Waals surface area contributed by atoms with E-state index in [-0.39, 0.29) is 24.5 Å². The highest BCUT2D eigenvalue weighted by atomic mass is 35.5. The summed E-state index contributed by atoms with van der Waals surface area (Å²) in [4.78, 5) is 39.5. The summed E-state index contributed by atoms with van der Waals surface area (Å²) in [5.74, 6) is -0.776. The monoisotopic (exact) mass is 497 g/mol. The van der Waals surface area contributed by atoms with Crippen LogP contribution in [-0.2, 0) is 30.8 Å². The first-order chi connectivity index (χ1) is 16.8. The quantitative estimate of drug-likeness (QED) is 0.405. The van der Waals surface area contributed by atoms with Gasteiger partial charge in [-0.3, -0.25) is 23.4 Å². The Morgan fingerprint density at radius 2 is 1.66 bits per heavy atom. The summed E-state index contributed by atoms with van der Waals surface area (Å²) in [6.45, 7) is 4.01. The lowest BCUT2D eigenvalue weighted by Crippen LogP contribution is -2.43. The Hall–Kier alpha value is -3.72. The second kappa shape index (κ2) is 10.3. The molecule has 0 bridgehead atoms. The van der Waals surface area contributed by atoms with Gasteiger partial charge in [0.25, 0.3) is 5.56 Å². The maximum Gasteiger partial charge on any atom is 0.332 e. The lowest BCUT2D eigenvalue weighted by molar-refractivity contribution is -0.121. The number of benzene rings is 2. The van der Waals surface area contributed by atoms with Gasteiger partial charge in [0.1, 0.15) is 17.9 Å². The third-order valence-electron chi connectivity index (χ3n) is 5.78. The third kappa shape index (κ3) is 5.19. The number of aromatic nitrogens is 4. The average molecular weight is 498 g/mol. The molecule has 0 saturated heterocycles. The van der Waals surface area contributed by atoms with Gasteiger partial charge in [0, 0.05) is 18.1 Å². The number of aryl methyl sites for hydroxylation is 2. The number of carbonyl (C=O) groups excluding carboxylic acids is 1. The maximum absolute atomic E-state index is 13.4. The van der Waals surface area contributed by atoms with Gasteiger partial charge in [0.05, 0.1) is 12.2 Å². The molecular formula is C25H25ClFN5O3. The van der Waals surface area contributed by atoms with Gasteiger partial charge in [0.2, 0.25) is 5.91 Å². The zero-order chi connectivity index (χ0) is 25.1. The van der Waals surface area contributed by atoms with Gasteiger partial charge < -0.3 is 5.32 Å². The van der Waals surface area contributed by atoms with E-state index < -0.39 is 17.1 Å². The fourth-order valence-electron chi connectivity index (χ4n) is 4.05. The van der Waals surface area contributed by atoms with Gasteiger partial charge in [-0.05, 0) is 55.7 Å². The largest absolute Gasteiger partial charge is 0.354 e. The summed E-state index contributed by atoms with van der Waals surface area (Å²) in [5, 5.41) is 7.87. The number of amides is 1.